The topological polar surface area (TPSA) is 101 Å². The summed E-state index contributed by atoms with van der Waals surface area (Å²) in [6, 6.07) is 4.53. The second-order valence-corrected chi connectivity index (χ2v) is 10.0. The molecule has 11 heteroatoms. The van der Waals surface area contributed by atoms with Gasteiger partial charge in [0.2, 0.25) is 0 Å². The number of ketones is 1. The van der Waals surface area contributed by atoms with Gasteiger partial charge in [0.15, 0.2) is 33.1 Å². The average molecular weight is 474 g/mol. The maximum atomic E-state index is 13.4. The van der Waals surface area contributed by atoms with Crippen molar-refractivity contribution in [2.75, 3.05) is 5.32 Å². The zero-order valence-electron chi connectivity index (χ0n) is 15.6. The number of carbonyl (C=O) groups excluding carboxylic acids is 2. The number of hydrogen-bond donors (Lipinski definition) is 2. The van der Waals surface area contributed by atoms with Gasteiger partial charge >= 0.3 is 0 Å². The predicted octanol–water partition coefficient (Wildman–Crippen LogP) is 3.12. The molecule has 0 spiro atoms. The smallest absolute Gasteiger partial charge is 0.255 e. The van der Waals surface area contributed by atoms with Gasteiger partial charge in [0, 0.05) is 35.2 Å². The van der Waals surface area contributed by atoms with Gasteiger partial charge in [-0.25, -0.2) is 21.6 Å². The normalized spacial score (nSPS) is 25.1. The van der Waals surface area contributed by atoms with Crippen molar-refractivity contribution in [3.05, 3.63) is 58.4 Å². The molecule has 4 atom stereocenters. The van der Waals surface area contributed by atoms with Gasteiger partial charge in [-0.1, -0.05) is 11.6 Å². The first-order valence-corrected chi connectivity index (χ1v) is 11.2. The maximum Gasteiger partial charge on any atom is 0.255 e. The highest BCUT2D eigenvalue weighted by Crippen LogP contribution is 2.48. The van der Waals surface area contributed by atoms with Crippen LogP contribution in [0.3, 0.4) is 0 Å². The molecule has 2 bridgehead atoms. The number of nitrogens with one attached hydrogen (secondary N) is 1. The average Bonchev–Trinajstić information content (AvgIpc) is 3.25. The molecule has 31 heavy (non-hydrogen) atoms. The number of carbonyl (C=O) groups is 2. The first kappa shape index (κ1) is 21.8. The Morgan fingerprint density at radius 2 is 1.74 bits per heavy atom. The highest BCUT2D eigenvalue weighted by Gasteiger charge is 2.59. The van der Waals surface area contributed by atoms with E-state index >= 15 is 0 Å². The van der Waals surface area contributed by atoms with Crippen LogP contribution in [-0.2, 0) is 14.6 Å². The van der Waals surface area contributed by atoms with Gasteiger partial charge in [0.05, 0.1) is 15.2 Å². The standard InChI is InChI=1S/C20H15ClF3NO5S/c21-12-4-1-8(20(28)25-9-6-13(22)16(24)14(23)7-9)5-15(12)31(29,30)19-10-2-3-11(19)18(27)17(10)26/h1,4-7,10-11,17,19,26H,2-3H2,(H,25,28)/t10?,11-,17?,19+/m0/s1. The molecule has 0 aromatic heterocycles. The molecule has 1 amide bonds. The number of rotatable bonds is 4. The number of anilines is 1. The minimum Gasteiger partial charge on any atom is -0.385 e. The molecule has 2 unspecified atom stereocenters. The van der Waals surface area contributed by atoms with Crippen LogP contribution in [0.15, 0.2) is 35.2 Å². The molecule has 4 rings (SSSR count). The molecule has 2 fully saturated rings. The number of aliphatic hydroxyl groups excluding tert-OH is 1. The third-order valence-corrected chi connectivity index (χ3v) is 8.58. The summed E-state index contributed by atoms with van der Waals surface area (Å²) in [5, 5.41) is 10.8. The number of Topliss-reactive ketones (excluding diaryl/α,β-unsaturated/α-hetero) is 1. The SMILES string of the molecule is O=C(Nc1cc(F)c(F)c(F)c1)c1ccc(Cl)c(S(=O)(=O)[C@@H]2C3CC[C@H]2C(=O)C3O)c1. The summed E-state index contributed by atoms with van der Waals surface area (Å²) in [7, 11) is -4.18. The number of aliphatic hydroxyl groups is 1. The van der Waals surface area contributed by atoms with E-state index in [9.17, 15) is 36.3 Å². The maximum absolute atomic E-state index is 13.4. The first-order valence-electron chi connectivity index (χ1n) is 9.23. The number of halogens is 4. The number of benzene rings is 2. The van der Waals surface area contributed by atoms with Crippen molar-refractivity contribution in [1.82, 2.24) is 0 Å². The molecule has 2 aromatic carbocycles. The zero-order valence-corrected chi connectivity index (χ0v) is 17.2. The highest BCUT2D eigenvalue weighted by molar-refractivity contribution is 7.92. The van der Waals surface area contributed by atoms with E-state index in [2.05, 4.69) is 5.32 Å². The van der Waals surface area contributed by atoms with Crippen LogP contribution >= 0.6 is 11.6 Å². The van der Waals surface area contributed by atoms with E-state index < -0.39 is 62.2 Å². The van der Waals surface area contributed by atoms with Crippen LogP contribution in [0.4, 0.5) is 18.9 Å². The van der Waals surface area contributed by atoms with Gasteiger partial charge in [-0.05, 0) is 31.0 Å². The fourth-order valence-electron chi connectivity index (χ4n) is 4.36. The van der Waals surface area contributed by atoms with Crippen LogP contribution in [0.25, 0.3) is 0 Å². The van der Waals surface area contributed by atoms with Gasteiger partial charge < -0.3 is 10.4 Å². The van der Waals surface area contributed by atoms with Crippen molar-refractivity contribution in [1.29, 1.82) is 0 Å². The Morgan fingerprint density at radius 3 is 2.32 bits per heavy atom. The number of amides is 1. The Kier molecular flexibility index (Phi) is 5.35. The summed E-state index contributed by atoms with van der Waals surface area (Å²) >= 11 is 6.07. The van der Waals surface area contributed by atoms with Gasteiger partial charge in [-0.2, -0.15) is 0 Å². The van der Waals surface area contributed by atoms with E-state index in [0.717, 1.165) is 6.07 Å². The third kappa shape index (κ3) is 3.52. The van der Waals surface area contributed by atoms with Crippen LogP contribution in [0.5, 0.6) is 0 Å². The second kappa shape index (κ2) is 7.61. The summed E-state index contributed by atoms with van der Waals surface area (Å²) in [6.45, 7) is 0. The molecule has 2 aliphatic rings. The van der Waals surface area contributed by atoms with Gasteiger partial charge in [-0.3, -0.25) is 9.59 Å². The highest BCUT2D eigenvalue weighted by atomic mass is 35.5. The van der Waals surface area contributed by atoms with Crippen LogP contribution < -0.4 is 5.32 Å². The molecule has 0 saturated heterocycles. The second-order valence-electron chi connectivity index (χ2n) is 7.56. The van der Waals surface area contributed by atoms with Crippen molar-refractivity contribution < 1.29 is 36.3 Å². The number of fused-ring (bicyclic) bond motifs is 2. The van der Waals surface area contributed by atoms with E-state index in [1.165, 1.54) is 12.1 Å². The molecule has 2 aromatic rings. The summed E-state index contributed by atoms with van der Waals surface area (Å²) in [4.78, 5) is 24.2. The monoisotopic (exact) mass is 473 g/mol. The van der Waals surface area contributed by atoms with Crippen LogP contribution in [0.1, 0.15) is 23.2 Å². The minimum absolute atomic E-state index is 0.177. The Morgan fingerprint density at radius 1 is 1.10 bits per heavy atom. The lowest BCUT2D eigenvalue weighted by Crippen LogP contribution is -2.29. The number of sulfone groups is 1. The molecule has 2 N–H and O–H groups in total. The Labute approximate surface area is 179 Å². The molecule has 0 aliphatic heterocycles. The summed E-state index contributed by atoms with van der Waals surface area (Å²) < 4.78 is 66.3. The summed E-state index contributed by atoms with van der Waals surface area (Å²) in [6.07, 6.45) is -0.641. The van der Waals surface area contributed by atoms with E-state index in [-0.39, 0.29) is 21.2 Å². The molecule has 6 nitrogen and oxygen atoms in total. The Hall–Kier alpha value is -2.43. The Bertz CT molecular complexity index is 1200. The number of hydrogen-bond acceptors (Lipinski definition) is 5. The largest absolute Gasteiger partial charge is 0.385 e. The predicted molar refractivity (Wildman–Crippen MR) is 104 cm³/mol. The van der Waals surface area contributed by atoms with E-state index in [1.807, 2.05) is 0 Å². The minimum atomic E-state index is -4.18. The molecule has 0 heterocycles. The van der Waals surface area contributed by atoms with Crippen LogP contribution in [0, 0.1) is 29.3 Å². The van der Waals surface area contributed by atoms with E-state index in [4.69, 9.17) is 11.6 Å². The van der Waals surface area contributed by atoms with Crippen molar-refractivity contribution in [2.45, 2.75) is 29.1 Å². The zero-order chi connectivity index (χ0) is 22.7. The van der Waals surface area contributed by atoms with Crippen LogP contribution in [0.2, 0.25) is 5.02 Å². The quantitative estimate of drug-likeness (QED) is 0.664. The van der Waals surface area contributed by atoms with Crippen molar-refractivity contribution in [3.63, 3.8) is 0 Å². The molecule has 2 saturated carbocycles. The van der Waals surface area contributed by atoms with Crippen molar-refractivity contribution >= 4 is 38.8 Å². The lowest BCUT2D eigenvalue weighted by molar-refractivity contribution is -0.130. The molecule has 164 valence electrons. The van der Waals surface area contributed by atoms with Crippen molar-refractivity contribution in [3.8, 4) is 0 Å². The van der Waals surface area contributed by atoms with E-state index in [0.29, 0.717) is 25.0 Å². The molecular weight excluding hydrogens is 459 g/mol. The van der Waals surface area contributed by atoms with Gasteiger partial charge in [-0.15, -0.1) is 0 Å². The van der Waals surface area contributed by atoms with Crippen LogP contribution in [-0.4, -0.2) is 36.6 Å². The van der Waals surface area contributed by atoms with Gasteiger partial charge in [0.1, 0.15) is 6.10 Å². The van der Waals surface area contributed by atoms with Crippen molar-refractivity contribution in [2.24, 2.45) is 11.8 Å². The summed E-state index contributed by atoms with van der Waals surface area (Å²) in [5.41, 5.74) is -0.561. The molecule has 0 radical (unpaired) electrons. The lowest BCUT2D eigenvalue weighted by Gasteiger charge is -2.18. The Balaban J connectivity index is 1.66. The fraction of sp³-hybridized carbons (Fsp3) is 0.300. The fourth-order valence-corrected chi connectivity index (χ4v) is 7.17. The molecular formula is C20H15ClF3NO5S. The van der Waals surface area contributed by atoms with E-state index in [1.54, 1.807) is 0 Å². The molecule has 2 aliphatic carbocycles. The van der Waals surface area contributed by atoms with Gasteiger partial charge in [0.25, 0.3) is 5.91 Å². The first-order chi connectivity index (χ1) is 14.5. The lowest BCUT2D eigenvalue weighted by atomic mass is 9.97. The summed E-state index contributed by atoms with van der Waals surface area (Å²) in [5.74, 6) is -7.73. The third-order valence-electron chi connectivity index (χ3n) is 5.79.